The predicted octanol–water partition coefficient (Wildman–Crippen LogP) is 3.41. The molecule has 0 bridgehead atoms. The van der Waals surface area contributed by atoms with Gasteiger partial charge in [-0.25, -0.2) is 0 Å². The fraction of sp³-hybridized carbons (Fsp3) is 0.538. The highest BCUT2D eigenvalue weighted by Crippen LogP contribution is 2.26. The molecule has 0 unspecified atom stereocenters. The van der Waals surface area contributed by atoms with E-state index in [2.05, 4.69) is 5.32 Å². The van der Waals surface area contributed by atoms with Gasteiger partial charge in [-0.1, -0.05) is 13.0 Å². The summed E-state index contributed by atoms with van der Waals surface area (Å²) in [6.07, 6.45) is -3.48. The molecule has 1 aromatic carbocycles. The molecule has 118 valence electrons. The molecule has 1 N–H and O–H groups in total. The zero-order chi connectivity index (χ0) is 16.0. The van der Waals surface area contributed by atoms with Crippen molar-refractivity contribution in [1.29, 1.82) is 0 Å². The number of rotatable bonds is 7. The molecule has 21 heavy (non-hydrogen) atoms. The van der Waals surface area contributed by atoms with Crippen LogP contribution in [-0.4, -0.2) is 36.1 Å². The van der Waals surface area contributed by atoms with Gasteiger partial charge in [0.25, 0.3) is 5.69 Å². The molecule has 0 spiro atoms. The van der Waals surface area contributed by atoms with E-state index < -0.39 is 17.6 Å². The minimum Gasteiger partial charge on any atom is -0.379 e. The molecule has 0 atom stereocenters. The van der Waals surface area contributed by atoms with Crippen LogP contribution in [0.1, 0.15) is 18.9 Å². The summed E-state index contributed by atoms with van der Waals surface area (Å²) in [6.45, 7) is 1.52. The largest absolute Gasteiger partial charge is 0.401 e. The number of benzene rings is 1. The van der Waals surface area contributed by atoms with Gasteiger partial charge in [0.2, 0.25) is 0 Å². The Morgan fingerprint density at radius 1 is 1.38 bits per heavy atom. The van der Waals surface area contributed by atoms with Gasteiger partial charge in [-0.2, -0.15) is 13.2 Å². The van der Waals surface area contributed by atoms with Crippen molar-refractivity contribution in [2.45, 2.75) is 26.1 Å². The van der Waals surface area contributed by atoms with Gasteiger partial charge in [0, 0.05) is 19.2 Å². The van der Waals surface area contributed by atoms with Gasteiger partial charge in [0.1, 0.15) is 5.69 Å². The van der Waals surface area contributed by atoms with E-state index in [-0.39, 0.29) is 12.2 Å². The molecule has 1 rings (SSSR count). The molecular formula is C13H18F3N3O2. The number of hydrogen-bond donors (Lipinski definition) is 1. The molecule has 5 nitrogen and oxygen atoms in total. The van der Waals surface area contributed by atoms with Crippen molar-refractivity contribution in [3.05, 3.63) is 33.9 Å². The predicted molar refractivity (Wildman–Crippen MR) is 74.3 cm³/mol. The Kier molecular flexibility index (Phi) is 5.95. The molecule has 0 saturated carbocycles. The average Bonchev–Trinajstić information content (AvgIpc) is 2.33. The first-order chi connectivity index (χ1) is 9.73. The van der Waals surface area contributed by atoms with E-state index in [1.807, 2.05) is 6.92 Å². The molecular weight excluding hydrogens is 287 g/mol. The maximum absolute atomic E-state index is 12.3. The van der Waals surface area contributed by atoms with Crippen LogP contribution in [0, 0.1) is 10.1 Å². The normalized spacial score (nSPS) is 11.7. The lowest BCUT2D eigenvalue weighted by Crippen LogP contribution is -2.30. The molecule has 8 heteroatoms. The van der Waals surface area contributed by atoms with Crippen LogP contribution >= 0.6 is 0 Å². The van der Waals surface area contributed by atoms with Crippen LogP contribution in [-0.2, 0) is 6.54 Å². The van der Waals surface area contributed by atoms with E-state index in [9.17, 15) is 23.3 Å². The Morgan fingerprint density at radius 2 is 2.05 bits per heavy atom. The van der Waals surface area contributed by atoms with Gasteiger partial charge >= 0.3 is 6.18 Å². The summed E-state index contributed by atoms with van der Waals surface area (Å²) >= 11 is 0. The zero-order valence-electron chi connectivity index (χ0n) is 11.9. The van der Waals surface area contributed by atoms with Crippen molar-refractivity contribution in [3.63, 3.8) is 0 Å². The number of nitrogens with zero attached hydrogens (tertiary/aromatic N) is 2. The van der Waals surface area contributed by atoms with Crippen LogP contribution in [0.15, 0.2) is 18.2 Å². The molecule has 0 aliphatic rings. The molecule has 0 aliphatic carbocycles. The van der Waals surface area contributed by atoms with Gasteiger partial charge < -0.3 is 5.32 Å². The lowest BCUT2D eigenvalue weighted by atomic mass is 10.1. The fourth-order valence-corrected chi connectivity index (χ4v) is 1.92. The van der Waals surface area contributed by atoms with Crippen LogP contribution in [0.2, 0.25) is 0 Å². The van der Waals surface area contributed by atoms with E-state index in [1.54, 1.807) is 0 Å². The first-order valence-electron chi connectivity index (χ1n) is 6.49. The molecule has 0 radical (unpaired) electrons. The van der Waals surface area contributed by atoms with E-state index in [4.69, 9.17) is 0 Å². The highest BCUT2D eigenvalue weighted by atomic mass is 19.4. The first kappa shape index (κ1) is 17.2. The van der Waals surface area contributed by atoms with E-state index in [0.29, 0.717) is 17.8 Å². The van der Waals surface area contributed by atoms with E-state index >= 15 is 0 Å². The van der Waals surface area contributed by atoms with Crippen molar-refractivity contribution < 1.29 is 18.1 Å². The molecule has 0 heterocycles. The van der Waals surface area contributed by atoms with Gasteiger partial charge in [-0.15, -0.1) is 0 Å². The van der Waals surface area contributed by atoms with E-state index in [0.717, 1.165) is 11.3 Å². The van der Waals surface area contributed by atoms with Crippen molar-refractivity contribution in [2.24, 2.45) is 0 Å². The highest BCUT2D eigenvalue weighted by molar-refractivity contribution is 5.62. The van der Waals surface area contributed by atoms with Crippen molar-refractivity contribution in [3.8, 4) is 0 Å². The SMILES string of the molecule is CCCNc1cc(CN(C)CC(F)(F)F)ccc1[N+](=O)[O-]. The molecule has 0 amide bonds. The summed E-state index contributed by atoms with van der Waals surface area (Å²) in [5, 5.41) is 13.8. The highest BCUT2D eigenvalue weighted by Gasteiger charge is 2.29. The molecule has 0 aliphatic heterocycles. The fourth-order valence-electron chi connectivity index (χ4n) is 1.92. The second-order valence-corrected chi connectivity index (χ2v) is 4.82. The van der Waals surface area contributed by atoms with Gasteiger partial charge in [-0.05, 0) is 25.1 Å². The Balaban J connectivity index is 2.86. The van der Waals surface area contributed by atoms with Crippen molar-refractivity contribution >= 4 is 11.4 Å². The van der Waals surface area contributed by atoms with Crippen LogP contribution in [0.5, 0.6) is 0 Å². The Morgan fingerprint density at radius 3 is 2.57 bits per heavy atom. The smallest absolute Gasteiger partial charge is 0.379 e. The quantitative estimate of drug-likeness (QED) is 0.619. The van der Waals surface area contributed by atoms with Gasteiger partial charge in [0.15, 0.2) is 0 Å². The second-order valence-electron chi connectivity index (χ2n) is 4.82. The molecule has 1 aromatic rings. The van der Waals surface area contributed by atoms with Crippen molar-refractivity contribution in [1.82, 2.24) is 4.90 Å². The number of nitrogens with one attached hydrogen (secondary N) is 1. The molecule has 0 aromatic heterocycles. The summed E-state index contributed by atoms with van der Waals surface area (Å²) in [5.74, 6) is 0. The topological polar surface area (TPSA) is 58.4 Å². The number of nitro groups is 1. The van der Waals surface area contributed by atoms with Crippen LogP contribution in [0.4, 0.5) is 24.5 Å². The monoisotopic (exact) mass is 305 g/mol. The Bertz CT molecular complexity index is 492. The zero-order valence-corrected chi connectivity index (χ0v) is 11.9. The second kappa shape index (κ2) is 7.26. The molecule has 0 saturated heterocycles. The molecule has 0 fully saturated rings. The third-order valence-electron chi connectivity index (χ3n) is 2.72. The van der Waals surface area contributed by atoms with Crippen molar-refractivity contribution in [2.75, 3.05) is 25.5 Å². The summed E-state index contributed by atoms with van der Waals surface area (Å²) in [6, 6.07) is 4.32. The number of nitro benzene ring substituents is 1. The summed E-state index contributed by atoms with van der Waals surface area (Å²) in [7, 11) is 1.36. The summed E-state index contributed by atoms with van der Waals surface area (Å²) in [4.78, 5) is 11.5. The van der Waals surface area contributed by atoms with E-state index in [1.165, 1.54) is 25.2 Å². The maximum Gasteiger partial charge on any atom is 0.401 e. The van der Waals surface area contributed by atoms with Crippen LogP contribution in [0.25, 0.3) is 0 Å². The summed E-state index contributed by atoms with van der Waals surface area (Å²) in [5.41, 5.74) is 0.844. The van der Waals surface area contributed by atoms with Gasteiger partial charge in [-0.3, -0.25) is 15.0 Å². The Labute approximate surface area is 120 Å². The number of anilines is 1. The summed E-state index contributed by atoms with van der Waals surface area (Å²) < 4.78 is 36.8. The maximum atomic E-state index is 12.3. The minimum absolute atomic E-state index is 0.0678. The lowest BCUT2D eigenvalue weighted by Gasteiger charge is -2.19. The van der Waals surface area contributed by atoms with Crippen LogP contribution in [0.3, 0.4) is 0 Å². The van der Waals surface area contributed by atoms with Crippen LogP contribution < -0.4 is 5.32 Å². The minimum atomic E-state index is -4.27. The number of halogens is 3. The Hall–Kier alpha value is -1.83. The third kappa shape index (κ3) is 5.99. The average molecular weight is 305 g/mol. The number of alkyl halides is 3. The third-order valence-corrected chi connectivity index (χ3v) is 2.72. The first-order valence-corrected chi connectivity index (χ1v) is 6.49. The van der Waals surface area contributed by atoms with Gasteiger partial charge in [0.05, 0.1) is 11.5 Å². The number of hydrogen-bond acceptors (Lipinski definition) is 4. The lowest BCUT2D eigenvalue weighted by molar-refractivity contribution is -0.384. The standard InChI is InChI=1S/C13H18F3N3O2/c1-3-6-17-11-7-10(4-5-12(11)19(20)21)8-18(2)9-13(14,15)16/h4-5,7,17H,3,6,8-9H2,1-2H3.